The number of rotatable bonds is 0. The van der Waals surface area contributed by atoms with E-state index >= 15 is 0 Å². The first kappa shape index (κ1) is 5.86. The van der Waals surface area contributed by atoms with Gasteiger partial charge in [-0.25, -0.2) is 0 Å². The van der Waals surface area contributed by atoms with Crippen LogP contribution in [-0.2, 0) is 0 Å². The Hall–Kier alpha value is -0.890. The van der Waals surface area contributed by atoms with Gasteiger partial charge in [-0.1, -0.05) is 0 Å². The average molecular weight is 150 g/mol. The van der Waals surface area contributed by atoms with Crippen LogP contribution in [0.1, 0.15) is 22.2 Å². The molecule has 0 spiro atoms. The molecule has 0 unspecified atom stereocenters. The molecule has 0 radical (unpaired) electrons. The van der Waals surface area contributed by atoms with Crippen LogP contribution in [0.5, 0.6) is 0 Å². The minimum absolute atomic E-state index is 0.199. The van der Waals surface area contributed by atoms with E-state index in [-0.39, 0.29) is 5.78 Å². The summed E-state index contributed by atoms with van der Waals surface area (Å²) in [6, 6.07) is 1.98. The molecule has 1 aliphatic carbocycles. The number of allylic oxidation sites excluding steroid dienone is 1. The Bertz CT molecular complexity index is 320. The molecule has 1 aromatic heterocycles. The molecule has 0 aliphatic heterocycles. The lowest BCUT2D eigenvalue weighted by Crippen LogP contribution is -1.90. The van der Waals surface area contributed by atoms with Gasteiger partial charge in [0.25, 0.3) is 0 Å². The zero-order valence-electron chi connectivity index (χ0n) is 5.55. The van der Waals surface area contributed by atoms with Gasteiger partial charge in [0, 0.05) is 0 Å². The standard InChI is InChI=1S/C8H6OS/c1-5-4-6-2-3-10-8(6)7(5)9/h2-4H,1H3. The van der Waals surface area contributed by atoms with Gasteiger partial charge in [-0.05, 0) is 35.6 Å². The van der Waals surface area contributed by atoms with Crippen LogP contribution in [0.25, 0.3) is 6.08 Å². The largest absolute Gasteiger partial charge is 0.288 e. The van der Waals surface area contributed by atoms with Crippen molar-refractivity contribution >= 4 is 23.2 Å². The molecular formula is C8H6OS. The van der Waals surface area contributed by atoms with Crippen LogP contribution in [0.2, 0.25) is 0 Å². The average Bonchev–Trinajstić information content (AvgIpc) is 2.41. The van der Waals surface area contributed by atoms with Crippen molar-refractivity contribution in [2.24, 2.45) is 0 Å². The first-order chi connectivity index (χ1) is 4.79. The molecule has 0 saturated carbocycles. The van der Waals surface area contributed by atoms with E-state index < -0.39 is 0 Å². The number of thiophene rings is 1. The molecule has 2 heteroatoms. The molecule has 0 N–H and O–H groups in total. The number of Topliss-reactive ketones (excluding diaryl/α,β-unsaturated/α-hetero) is 1. The molecular weight excluding hydrogens is 144 g/mol. The molecule has 50 valence electrons. The zero-order valence-corrected chi connectivity index (χ0v) is 6.37. The van der Waals surface area contributed by atoms with E-state index in [2.05, 4.69) is 0 Å². The summed E-state index contributed by atoms with van der Waals surface area (Å²) in [5.41, 5.74) is 1.95. The van der Waals surface area contributed by atoms with Crippen molar-refractivity contribution in [1.29, 1.82) is 0 Å². The number of carbonyl (C=O) groups excluding carboxylic acids is 1. The van der Waals surface area contributed by atoms with E-state index in [0.717, 1.165) is 16.0 Å². The highest BCUT2D eigenvalue weighted by Gasteiger charge is 2.19. The van der Waals surface area contributed by atoms with Crippen LogP contribution in [-0.4, -0.2) is 5.78 Å². The summed E-state index contributed by atoms with van der Waals surface area (Å²) in [6.45, 7) is 1.86. The summed E-state index contributed by atoms with van der Waals surface area (Å²) < 4.78 is 0. The summed E-state index contributed by atoms with van der Waals surface area (Å²) in [7, 11) is 0. The molecule has 1 aliphatic rings. The summed E-state index contributed by atoms with van der Waals surface area (Å²) in [5, 5.41) is 1.95. The lowest BCUT2D eigenvalue weighted by molar-refractivity contribution is 0.104. The number of hydrogen-bond donors (Lipinski definition) is 0. The van der Waals surface area contributed by atoms with Gasteiger partial charge < -0.3 is 0 Å². The van der Waals surface area contributed by atoms with E-state index in [4.69, 9.17) is 0 Å². The maximum atomic E-state index is 11.2. The second kappa shape index (κ2) is 1.80. The molecule has 1 aromatic rings. The molecule has 1 heterocycles. The monoisotopic (exact) mass is 150 g/mol. The van der Waals surface area contributed by atoms with E-state index in [1.165, 1.54) is 11.3 Å². The Morgan fingerprint density at radius 1 is 1.50 bits per heavy atom. The summed E-state index contributed by atoms with van der Waals surface area (Å²) in [5.74, 6) is 0.199. The maximum absolute atomic E-state index is 11.2. The van der Waals surface area contributed by atoms with Crippen molar-refractivity contribution < 1.29 is 4.79 Å². The van der Waals surface area contributed by atoms with Gasteiger partial charge in [0.1, 0.15) is 0 Å². The van der Waals surface area contributed by atoms with Gasteiger partial charge >= 0.3 is 0 Å². The topological polar surface area (TPSA) is 17.1 Å². The second-order valence-corrected chi connectivity index (χ2v) is 3.28. The van der Waals surface area contributed by atoms with Gasteiger partial charge in [-0.2, -0.15) is 0 Å². The lowest BCUT2D eigenvalue weighted by Gasteiger charge is -1.85. The van der Waals surface area contributed by atoms with Crippen LogP contribution in [0.4, 0.5) is 0 Å². The van der Waals surface area contributed by atoms with Crippen molar-refractivity contribution in [2.75, 3.05) is 0 Å². The normalized spacial score (nSPS) is 15.3. The molecule has 2 rings (SSSR count). The second-order valence-electron chi connectivity index (χ2n) is 2.36. The Kier molecular flexibility index (Phi) is 1.05. The summed E-state index contributed by atoms with van der Waals surface area (Å²) in [4.78, 5) is 12.1. The number of hydrogen-bond acceptors (Lipinski definition) is 2. The Morgan fingerprint density at radius 3 is 3.00 bits per heavy atom. The molecule has 1 nitrogen and oxygen atoms in total. The molecule has 0 amide bonds. The first-order valence-corrected chi connectivity index (χ1v) is 3.97. The predicted octanol–water partition coefficient (Wildman–Crippen LogP) is 2.35. The third kappa shape index (κ3) is 0.596. The molecule has 0 bridgehead atoms. The van der Waals surface area contributed by atoms with E-state index in [1.54, 1.807) is 0 Å². The van der Waals surface area contributed by atoms with Crippen LogP contribution in [0, 0.1) is 0 Å². The third-order valence-corrected chi connectivity index (χ3v) is 2.56. The van der Waals surface area contributed by atoms with Gasteiger partial charge in [0.2, 0.25) is 0 Å². The van der Waals surface area contributed by atoms with Crippen LogP contribution in [0.15, 0.2) is 17.0 Å². The maximum Gasteiger partial charge on any atom is 0.199 e. The van der Waals surface area contributed by atoms with E-state index in [0.29, 0.717) is 0 Å². The highest BCUT2D eigenvalue weighted by atomic mass is 32.1. The first-order valence-electron chi connectivity index (χ1n) is 3.09. The van der Waals surface area contributed by atoms with Crippen molar-refractivity contribution in [1.82, 2.24) is 0 Å². The Balaban J connectivity index is 2.68. The Labute approximate surface area is 63.0 Å². The minimum Gasteiger partial charge on any atom is -0.288 e. The van der Waals surface area contributed by atoms with Crippen molar-refractivity contribution in [3.63, 3.8) is 0 Å². The molecule has 0 aromatic carbocycles. The van der Waals surface area contributed by atoms with Gasteiger partial charge in [0.15, 0.2) is 5.78 Å². The van der Waals surface area contributed by atoms with Crippen molar-refractivity contribution in [2.45, 2.75) is 6.92 Å². The quantitative estimate of drug-likeness (QED) is 0.554. The fraction of sp³-hybridized carbons (Fsp3) is 0.125. The summed E-state index contributed by atoms with van der Waals surface area (Å²) in [6.07, 6.45) is 1.94. The number of carbonyl (C=O) groups is 1. The third-order valence-electron chi connectivity index (χ3n) is 1.63. The SMILES string of the molecule is CC1=Cc2ccsc2C1=O. The van der Waals surface area contributed by atoms with Crippen molar-refractivity contribution in [3.8, 4) is 0 Å². The minimum atomic E-state index is 0.199. The van der Waals surface area contributed by atoms with Crippen LogP contribution < -0.4 is 0 Å². The highest BCUT2D eigenvalue weighted by Crippen LogP contribution is 2.28. The molecule has 0 atom stereocenters. The van der Waals surface area contributed by atoms with Gasteiger partial charge in [0.05, 0.1) is 4.88 Å². The molecule has 0 saturated heterocycles. The van der Waals surface area contributed by atoms with Crippen molar-refractivity contribution in [3.05, 3.63) is 27.5 Å². The highest BCUT2D eigenvalue weighted by molar-refractivity contribution is 7.12. The van der Waals surface area contributed by atoms with Gasteiger partial charge in [-0.15, -0.1) is 11.3 Å². The Morgan fingerprint density at radius 2 is 2.30 bits per heavy atom. The zero-order chi connectivity index (χ0) is 7.14. The number of ketones is 1. The number of fused-ring (bicyclic) bond motifs is 1. The van der Waals surface area contributed by atoms with Crippen LogP contribution in [0.3, 0.4) is 0 Å². The smallest absolute Gasteiger partial charge is 0.199 e. The fourth-order valence-corrected chi connectivity index (χ4v) is 1.98. The van der Waals surface area contributed by atoms with E-state index in [1.807, 2.05) is 24.4 Å². The van der Waals surface area contributed by atoms with Gasteiger partial charge in [-0.3, -0.25) is 4.79 Å². The molecule has 10 heavy (non-hydrogen) atoms. The predicted molar refractivity (Wildman–Crippen MR) is 42.3 cm³/mol. The van der Waals surface area contributed by atoms with Crippen LogP contribution >= 0.6 is 11.3 Å². The fourth-order valence-electron chi connectivity index (χ4n) is 1.10. The molecule has 0 fully saturated rings. The summed E-state index contributed by atoms with van der Waals surface area (Å²) >= 11 is 1.52. The van der Waals surface area contributed by atoms with E-state index in [9.17, 15) is 4.79 Å². The lowest BCUT2D eigenvalue weighted by atomic mass is 10.2.